The summed E-state index contributed by atoms with van der Waals surface area (Å²) in [6, 6.07) is 3.82. The Kier molecular flexibility index (Phi) is 8.46. The summed E-state index contributed by atoms with van der Waals surface area (Å²) in [6.45, 7) is 4.29. The smallest absolute Gasteiger partial charge is 0.303 e. The van der Waals surface area contributed by atoms with Crippen molar-refractivity contribution < 1.29 is 19.7 Å². The molecule has 0 aliphatic heterocycles. The quantitative estimate of drug-likeness (QED) is 0.333. The van der Waals surface area contributed by atoms with Gasteiger partial charge in [0.15, 0.2) is 0 Å². The van der Waals surface area contributed by atoms with Crippen molar-refractivity contribution in [2.24, 2.45) is 11.8 Å². The number of rotatable bonds is 9. The second-order valence-corrected chi connectivity index (χ2v) is 8.26. The maximum absolute atomic E-state index is 10.5. The first-order chi connectivity index (χ1) is 12.8. The second-order valence-electron chi connectivity index (χ2n) is 7.32. The number of carboxylic acids is 1. The van der Waals surface area contributed by atoms with Crippen LogP contribution in [0.25, 0.3) is 0 Å². The number of hydrogen-bond acceptors (Lipinski definition) is 3. The minimum atomic E-state index is -0.770. The van der Waals surface area contributed by atoms with Gasteiger partial charge >= 0.3 is 5.97 Å². The number of carboxylic acid groups (broad SMARTS) is 1. The molecule has 0 radical (unpaired) electrons. The summed E-state index contributed by atoms with van der Waals surface area (Å²) < 4.78 is 5.96. The molecule has 0 bridgehead atoms. The van der Waals surface area contributed by atoms with Gasteiger partial charge in [0.05, 0.1) is 12.7 Å². The van der Waals surface area contributed by atoms with Crippen molar-refractivity contribution in [3.8, 4) is 5.75 Å². The van der Waals surface area contributed by atoms with Crippen molar-refractivity contribution in [1.82, 2.24) is 0 Å². The Morgan fingerprint density at radius 2 is 1.93 bits per heavy atom. The highest BCUT2D eigenvalue weighted by Gasteiger charge is 2.41. The Balaban J connectivity index is 1.91. The molecule has 2 N–H and O–H groups in total. The number of aliphatic carboxylic acids is 1. The van der Waals surface area contributed by atoms with Gasteiger partial charge in [-0.2, -0.15) is 0 Å². The molecule has 6 heteroatoms. The van der Waals surface area contributed by atoms with E-state index in [0.29, 0.717) is 19.4 Å². The number of unbranched alkanes of at least 4 members (excludes halogenated alkanes) is 1. The molecule has 0 amide bonds. The highest BCUT2D eigenvalue weighted by atomic mass is 35.5. The van der Waals surface area contributed by atoms with Gasteiger partial charge in [-0.1, -0.05) is 23.8 Å². The van der Waals surface area contributed by atoms with Crippen molar-refractivity contribution in [3.05, 3.63) is 40.4 Å². The summed E-state index contributed by atoms with van der Waals surface area (Å²) in [5, 5.41) is 19.7. The van der Waals surface area contributed by atoms with Crippen LogP contribution in [-0.2, 0) is 4.79 Å². The molecule has 1 aliphatic rings. The molecule has 0 spiro atoms. The van der Waals surface area contributed by atoms with Crippen molar-refractivity contribution >= 4 is 29.2 Å². The number of ether oxygens (including phenoxy) is 1. The van der Waals surface area contributed by atoms with Crippen LogP contribution in [0.3, 0.4) is 0 Å². The van der Waals surface area contributed by atoms with Crippen LogP contribution in [-0.4, -0.2) is 34.3 Å². The Bertz CT molecular complexity index is 651. The van der Waals surface area contributed by atoms with E-state index in [-0.39, 0.29) is 23.6 Å². The number of aliphatic hydroxyl groups excluding tert-OH is 1. The number of aliphatic hydroxyl groups is 1. The van der Waals surface area contributed by atoms with E-state index in [1.165, 1.54) is 0 Å². The van der Waals surface area contributed by atoms with Crippen LogP contribution >= 0.6 is 23.2 Å². The molecule has 2 rings (SSSR count). The van der Waals surface area contributed by atoms with Crippen LogP contribution < -0.4 is 4.74 Å². The van der Waals surface area contributed by atoms with Gasteiger partial charge in [0.2, 0.25) is 0 Å². The molecular formula is C21H28Cl2O4. The maximum atomic E-state index is 10.5. The predicted octanol–water partition coefficient (Wildman–Crippen LogP) is 5.14. The lowest BCUT2D eigenvalue weighted by Crippen LogP contribution is -2.27. The van der Waals surface area contributed by atoms with E-state index in [1.807, 2.05) is 38.1 Å². The summed E-state index contributed by atoms with van der Waals surface area (Å²) in [5.41, 5.74) is 1.93. The number of benzene rings is 1. The van der Waals surface area contributed by atoms with Crippen molar-refractivity contribution in [2.75, 3.05) is 6.61 Å². The predicted molar refractivity (Wildman–Crippen MR) is 109 cm³/mol. The largest absolute Gasteiger partial charge is 0.493 e. The summed E-state index contributed by atoms with van der Waals surface area (Å²) >= 11 is 12.7. The van der Waals surface area contributed by atoms with Crippen LogP contribution in [0.4, 0.5) is 0 Å². The standard InChI is InChI=1S/C21H28Cl2O4/c1-13-9-15(10-14(2)21(13)23)27-12-17-16(18(22)11-19(17)24)7-5-3-4-6-8-20(25)26/h3,5,9-10,16-19,24H,4,6-8,11-12H2,1-2H3,(H,25,26)/b5-3-/t16-,17-,18-,19-/m1/s1. The van der Waals surface area contributed by atoms with Crippen molar-refractivity contribution in [1.29, 1.82) is 0 Å². The van der Waals surface area contributed by atoms with Crippen LogP contribution in [0.1, 0.15) is 43.2 Å². The van der Waals surface area contributed by atoms with Gasteiger partial charge in [0, 0.05) is 22.7 Å². The van der Waals surface area contributed by atoms with Crippen LogP contribution in [0.2, 0.25) is 5.02 Å². The number of hydrogen-bond donors (Lipinski definition) is 2. The topological polar surface area (TPSA) is 66.8 Å². The zero-order chi connectivity index (χ0) is 20.0. The summed E-state index contributed by atoms with van der Waals surface area (Å²) in [5.74, 6) is 0.0787. The van der Waals surface area contributed by atoms with Gasteiger partial charge in [-0.25, -0.2) is 0 Å². The molecule has 1 fully saturated rings. The molecule has 4 atom stereocenters. The Morgan fingerprint density at radius 1 is 1.26 bits per heavy atom. The molecule has 0 unspecified atom stereocenters. The van der Waals surface area contributed by atoms with E-state index in [0.717, 1.165) is 34.7 Å². The van der Waals surface area contributed by atoms with E-state index in [1.54, 1.807) is 0 Å². The Hall–Kier alpha value is -1.23. The lowest BCUT2D eigenvalue weighted by Gasteiger charge is -2.23. The van der Waals surface area contributed by atoms with Crippen LogP contribution in [0.5, 0.6) is 5.75 Å². The molecule has 27 heavy (non-hydrogen) atoms. The van der Waals surface area contributed by atoms with Crippen molar-refractivity contribution in [3.63, 3.8) is 0 Å². The van der Waals surface area contributed by atoms with Gasteiger partial charge < -0.3 is 14.9 Å². The van der Waals surface area contributed by atoms with Gasteiger partial charge in [-0.3, -0.25) is 4.79 Å². The fraction of sp³-hybridized carbons (Fsp3) is 0.571. The van der Waals surface area contributed by atoms with E-state index < -0.39 is 12.1 Å². The minimum absolute atomic E-state index is 0.0348. The molecule has 0 heterocycles. The van der Waals surface area contributed by atoms with E-state index in [2.05, 4.69) is 0 Å². The minimum Gasteiger partial charge on any atom is -0.493 e. The lowest BCUT2D eigenvalue weighted by molar-refractivity contribution is -0.137. The van der Waals surface area contributed by atoms with Gasteiger partial charge in [0.1, 0.15) is 5.75 Å². The molecule has 0 saturated heterocycles. The summed E-state index contributed by atoms with van der Waals surface area (Å²) in [7, 11) is 0. The lowest BCUT2D eigenvalue weighted by atomic mass is 9.92. The molecule has 4 nitrogen and oxygen atoms in total. The molecule has 1 aromatic carbocycles. The first-order valence-electron chi connectivity index (χ1n) is 9.38. The van der Waals surface area contributed by atoms with Gasteiger partial charge in [0.25, 0.3) is 0 Å². The first kappa shape index (κ1) is 22.1. The molecular weight excluding hydrogens is 387 g/mol. The molecule has 150 valence electrons. The molecule has 1 aromatic rings. The van der Waals surface area contributed by atoms with E-state index in [9.17, 15) is 9.90 Å². The summed E-state index contributed by atoms with van der Waals surface area (Å²) in [6.07, 6.45) is 6.43. The first-order valence-corrected chi connectivity index (χ1v) is 10.2. The number of carbonyl (C=O) groups is 1. The molecule has 1 saturated carbocycles. The fourth-order valence-corrected chi connectivity index (χ4v) is 4.20. The zero-order valence-electron chi connectivity index (χ0n) is 15.8. The average Bonchev–Trinajstić information content (AvgIpc) is 2.86. The third kappa shape index (κ3) is 6.41. The number of halogens is 2. The number of aryl methyl sites for hydroxylation is 2. The van der Waals surface area contributed by atoms with Crippen LogP contribution in [0, 0.1) is 25.7 Å². The normalized spacial score (nSPS) is 25.2. The second kappa shape index (κ2) is 10.4. The summed E-state index contributed by atoms with van der Waals surface area (Å²) in [4.78, 5) is 10.5. The van der Waals surface area contributed by atoms with E-state index in [4.69, 9.17) is 33.0 Å². The SMILES string of the molecule is Cc1cc(OC[C@@H]2[C@@H](C/C=C\CCCC(=O)O)[C@H](Cl)C[C@H]2O)cc(C)c1Cl. The Morgan fingerprint density at radius 3 is 2.56 bits per heavy atom. The number of alkyl halides is 1. The van der Waals surface area contributed by atoms with Crippen molar-refractivity contribution in [2.45, 2.75) is 57.4 Å². The maximum Gasteiger partial charge on any atom is 0.303 e. The number of allylic oxidation sites excluding steroid dienone is 2. The third-order valence-electron chi connectivity index (χ3n) is 5.16. The van der Waals surface area contributed by atoms with Crippen LogP contribution in [0.15, 0.2) is 24.3 Å². The third-order valence-corrected chi connectivity index (χ3v) is 6.26. The fourth-order valence-electron chi connectivity index (χ4n) is 3.62. The average molecular weight is 415 g/mol. The Labute approximate surface area is 171 Å². The monoisotopic (exact) mass is 414 g/mol. The molecule has 1 aliphatic carbocycles. The van der Waals surface area contributed by atoms with Gasteiger partial charge in [-0.15, -0.1) is 11.6 Å². The van der Waals surface area contributed by atoms with E-state index >= 15 is 0 Å². The molecule has 0 aromatic heterocycles. The highest BCUT2D eigenvalue weighted by Crippen LogP contribution is 2.39. The van der Waals surface area contributed by atoms with Gasteiger partial charge in [-0.05, 0) is 68.7 Å². The highest BCUT2D eigenvalue weighted by molar-refractivity contribution is 6.32. The zero-order valence-corrected chi connectivity index (χ0v) is 17.3.